The molecule has 3 rings (SSSR count). The number of benzene rings is 1. The van der Waals surface area contributed by atoms with Crippen molar-refractivity contribution < 1.29 is 9.31 Å². The number of hydrogen-bond acceptors (Lipinski definition) is 3. The SMILES string of the molecule is CC1(C)OB(c2ccc(CNC3CCCC3)cc2)OC1(C)C.Cl. The Labute approximate surface area is 147 Å². The number of rotatable bonds is 4. The van der Waals surface area contributed by atoms with Crippen molar-refractivity contribution >= 4 is 25.0 Å². The molecule has 0 spiro atoms. The minimum absolute atomic E-state index is 0. The first-order valence-electron chi connectivity index (χ1n) is 8.55. The molecule has 1 heterocycles. The Morgan fingerprint density at radius 2 is 1.52 bits per heavy atom. The summed E-state index contributed by atoms with van der Waals surface area (Å²) in [5, 5.41) is 3.65. The van der Waals surface area contributed by atoms with Gasteiger partial charge in [0.1, 0.15) is 0 Å². The Morgan fingerprint density at radius 1 is 1.00 bits per heavy atom. The van der Waals surface area contributed by atoms with Crippen molar-refractivity contribution in [3.63, 3.8) is 0 Å². The maximum Gasteiger partial charge on any atom is 0.494 e. The summed E-state index contributed by atoms with van der Waals surface area (Å²) in [5.74, 6) is 0. The summed E-state index contributed by atoms with van der Waals surface area (Å²) >= 11 is 0. The minimum atomic E-state index is -0.277. The van der Waals surface area contributed by atoms with Crippen molar-refractivity contribution in [2.75, 3.05) is 0 Å². The second kappa shape index (κ2) is 7.14. The number of hydrogen-bond donors (Lipinski definition) is 1. The third-order valence-electron chi connectivity index (χ3n) is 5.46. The van der Waals surface area contributed by atoms with Crippen LogP contribution in [-0.2, 0) is 15.9 Å². The molecule has 1 N–H and O–H groups in total. The molecule has 0 aromatic heterocycles. The van der Waals surface area contributed by atoms with Crippen molar-refractivity contribution in [1.29, 1.82) is 0 Å². The van der Waals surface area contributed by atoms with E-state index >= 15 is 0 Å². The molecule has 1 saturated carbocycles. The van der Waals surface area contributed by atoms with E-state index in [0.717, 1.165) is 12.0 Å². The van der Waals surface area contributed by atoms with Gasteiger partial charge in [0.05, 0.1) is 11.2 Å². The molecule has 0 atom stereocenters. The van der Waals surface area contributed by atoms with Crippen LogP contribution in [0.2, 0.25) is 0 Å². The van der Waals surface area contributed by atoms with E-state index in [1.54, 1.807) is 0 Å². The quantitative estimate of drug-likeness (QED) is 0.854. The number of nitrogens with one attached hydrogen (secondary N) is 1. The van der Waals surface area contributed by atoms with Gasteiger partial charge in [0.15, 0.2) is 0 Å². The Balaban J connectivity index is 0.00000192. The van der Waals surface area contributed by atoms with E-state index in [-0.39, 0.29) is 30.7 Å². The first kappa shape index (κ1) is 18.8. The third kappa shape index (κ3) is 4.11. The second-order valence-electron chi connectivity index (χ2n) is 7.69. The molecule has 2 aliphatic rings. The van der Waals surface area contributed by atoms with Crippen LogP contribution >= 0.6 is 12.4 Å². The zero-order valence-electron chi connectivity index (χ0n) is 14.7. The van der Waals surface area contributed by atoms with E-state index in [1.807, 2.05) is 0 Å². The summed E-state index contributed by atoms with van der Waals surface area (Å²) in [6, 6.07) is 9.34. The first-order chi connectivity index (χ1) is 10.4. The predicted molar refractivity (Wildman–Crippen MR) is 98.5 cm³/mol. The lowest BCUT2D eigenvalue weighted by atomic mass is 9.79. The van der Waals surface area contributed by atoms with Gasteiger partial charge in [-0.3, -0.25) is 0 Å². The van der Waals surface area contributed by atoms with Gasteiger partial charge >= 0.3 is 7.12 Å². The molecule has 1 saturated heterocycles. The molecule has 1 aliphatic carbocycles. The molecule has 0 amide bonds. The van der Waals surface area contributed by atoms with Crippen LogP contribution in [0.4, 0.5) is 0 Å². The van der Waals surface area contributed by atoms with Gasteiger partial charge in [0, 0.05) is 12.6 Å². The zero-order chi connectivity index (χ0) is 15.8. The van der Waals surface area contributed by atoms with Crippen LogP contribution in [0, 0.1) is 0 Å². The van der Waals surface area contributed by atoms with Crippen molar-refractivity contribution in [2.45, 2.75) is 77.2 Å². The van der Waals surface area contributed by atoms with E-state index in [0.29, 0.717) is 6.04 Å². The Morgan fingerprint density at radius 3 is 2.04 bits per heavy atom. The number of halogens is 1. The van der Waals surface area contributed by atoms with Gasteiger partial charge in [0.2, 0.25) is 0 Å². The summed E-state index contributed by atoms with van der Waals surface area (Å²) in [6.07, 6.45) is 5.40. The van der Waals surface area contributed by atoms with Crippen molar-refractivity contribution in [3.8, 4) is 0 Å². The maximum absolute atomic E-state index is 6.09. The van der Waals surface area contributed by atoms with Gasteiger partial charge in [-0.25, -0.2) is 0 Å². The third-order valence-corrected chi connectivity index (χ3v) is 5.46. The highest BCUT2D eigenvalue weighted by Gasteiger charge is 2.51. The molecular weight excluding hydrogens is 308 g/mol. The van der Waals surface area contributed by atoms with Crippen molar-refractivity contribution in [3.05, 3.63) is 29.8 Å². The van der Waals surface area contributed by atoms with Crippen molar-refractivity contribution in [2.24, 2.45) is 0 Å². The fraction of sp³-hybridized carbons (Fsp3) is 0.667. The maximum atomic E-state index is 6.09. The monoisotopic (exact) mass is 337 g/mol. The smallest absolute Gasteiger partial charge is 0.399 e. The van der Waals surface area contributed by atoms with Gasteiger partial charge in [-0.15, -0.1) is 12.4 Å². The average Bonchev–Trinajstić information content (AvgIpc) is 3.04. The van der Waals surface area contributed by atoms with Crippen LogP contribution in [0.5, 0.6) is 0 Å². The Kier molecular flexibility index (Phi) is 5.83. The zero-order valence-corrected chi connectivity index (χ0v) is 15.5. The molecule has 3 nitrogen and oxygen atoms in total. The lowest BCUT2D eigenvalue weighted by Crippen LogP contribution is -2.41. The average molecular weight is 338 g/mol. The minimum Gasteiger partial charge on any atom is -0.399 e. The van der Waals surface area contributed by atoms with E-state index < -0.39 is 0 Å². The summed E-state index contributed by atoms with van der Waals surface area (Å²) in [4.78, 5) is 0. The fourth-order valence-corrected chi connectivity index (χ4v) is 3.16. The lowest BCUT2D eigenvalue weighted by Gasteiger charge is -2.32. The van der Waals surface area contributed by atoms with Crippen LogP contribution in [-0.4, -0.2) is 24.4 Å². The van der Waals surface area contributed by atoms with E-state index in [2.05, 4.69) is 57.3 Å². The molecule has 5 heteroatoms. The van der Waals surface area contributed by atoms with Crippen LogP contribution < -0.4 is 10.8 Å². The molecule has 0 radical (unpaired) electrons. The largest absolute Gasteiger partial charge is 0.494 e. The Bertz CT molecular complexity index is 496. The van der Waals surface area contributed by atoms with Crippen LogP contribution in [0.1, 0.15) is 58.9 Å². The molecule has 1 aromatic carbocycles. The van der Waals surface area contributed by atoms with Crippen molar-refractivity contribution in [1.82, 2.24) is 5.32 Å². The van der Waals surface area contributed by atoms with E-state index in [9.17, 15) is 0 Å². The van der Waals surface area contributed by atoms with Gasteiger partial charge in [-0.05, 0) is 51.6 Å². The molecule has 0 bridgehead atoms. The first-order valence-corrected chi connectivity index (χ1v) is 8.55. The van der Waals surface area contributed by atoms with Crippen LogP contribution in [0.25, 0.3) is 0 Å². The van der Waals surface area contributed by atoms with Gasteiger partial charge < -0.3 is 14.6 Å². The highest BCUT2D eigenvalue weighted by Crippen LogP contribution is 2.36. The normalized spacial score (nSPS) is 23.0. The molecule has 2 fully saturated rings. The molecule has 0 unspecified atom stereocenters. The predicted octanol–water partition coefficient (Wildman–Crippen LogP) is 3.44. The lowest BCUT2D eigenvalue weighted by molar-refractivity contribution is 0.00578. The summed E-state index contributed by atoms with van der Waals surface area (Å²) in [5.41, 5.74) is 1.87. The summed E-state index contributed by atoms with van der Waals surface area (Å²) in [6.45, 7) is 9.31. The fourth-order valence-electron chi connectivity index (χ4n) is 3.16. The van der Waals surface area contributed by atoms with E-state index in [1.165, 1.54) is 31.2 Å². The topological polar surface area (TPSA) is 30.5 Å². The highest BCUT2D eigenvalue weighted by atomic mass is 35.5. The van der Waals surface area contributed by atoms with Gasteiger partial charge in [-0.1, -0.05) is 37.1 Å². The summed E-state index contributed by atoms with van der Waals surface area (Å²) in [7, 11) is -0.262. The molecule has 1 aromatic rings. The van der Waals surface area contributed by atoms with Crippen LogP contribution in [0.3, 0.4) is 0 Å². The van der Waals surface area contributed by atoms with E-state index in [4.69, 9.17) is 9.31 Å². The second-order valence-corrected chi connectivity index (χ2v) is 7.69. The molecular formula is C18H29BClNO2. The van der Waals surface area contributed by atoms with Gasteiger partial charge in [-0.2, -0.15) is 0 Å². The highest BCUT2D eigenvalue weighted by molar-refractivity contribution is 6.62. The summed E-state index contributed by atoms with van der Waals surface area (Å²) < 4.78 is 12.2. The Hall–Kier alpha value is -0.545. The van der Waals surface area contributed by atoms with Gasteiger partial charge in [0.25, 0.3) is 0 Å². The molecule has 1 aliphatic heterocycles. The molecule has 128 valence electrons. The standard InChI is InChI=1S/C18H28BNO2.ClH/c1-17(2)18(3,4)22-19(21-17)15-11-9-14(10-12-15)13-20-16-7-5-6-8-16;/h9-12,16,20H,5-8,13H2,1-4H3;1H. The molecule has 23 heavy (non-hydrogen) atoms. The van der Waals surface area contributed by atoms with Crippen LogP contribution in [0.15, 0.2) is 24.3 Å².